The Labute approximate surface area is 256 Å². The molecule has 4 N–H and O–H groups in total. The van der Waals surface area contributed by atoms with Crippen LogP contribution in [-0.4, -0.2) is 56.3 Å². The van der Waals surface area contributed by atoms with Gasteiger partial charge >= 0.3 is 0 Å². The summed E-state index contributed by atoms with van der Waals surface area (Å²) in [6.45, 7) is 3.02. The van der Waals surface area contributed by atoms with E-state index in [9.17, 15) is 0 Å². The molecule has 0 unspecified atom stereocenters. The number of nitrogens with two attached hydrogens (primary N) is 1. The summed E-state index contributed by atoms with van der Waals surface area (Å²) in [4.78, 5) is 17.2. The number of anilines is 2. The minimum absolute atomic E-state index is 0. The summed E-state index contributed by atoms with van der Waals surface area (Å²) in [6, 6.07) is 12.1. The fraction of sp³-hybridized carbons (Fsp3) is 0.621. The molecule has 0 radical (unpaired) electrons. The first-order valence-corrected chi connectivity index (χ1v) is 14.5. The van der Waals surface area contributed by atoms with Crippen LogP contribution in [0.4, 0.5) is 11.8 Å². The first-order chi connectivity index (χ1) is 18.2. The molecule has 3 aromatic rings. The van der Waals surface area contributed by atoms with Gasteiger partial charge in [0.1, 0.15) is 0 Å². The van der Waals surface area contributed by atoms with Crippen LogP contribution >= 0.6 is 37.2 Å². The lowest BCUT2D eigenvalue weighted by atomic mass is 9.90. The Morgan fingerprint density at radius 2 is 1.55 bits per heavy atom. The molecular formula is C29H45Cl3N8. The summed E-state index contributed by atoms with van der Waals surface area (Å²) >= 11 is 0. The maximum atomic E-state index is 6.14. The summed E-state index contributed by atoms with van der Waals surface area (Å²) in [5.41, 5.74) is 9.45. The topological polar surface area (TPSA) is 96.9 Å². The summed E-state index contributed by atoms with van der Waals surface area (Å²) in [7, 11) is 0. The standard InChI is InChI=1S/C29H42N8.3ClH/c30-23-10-12-24(13-11-23)33-29-34-27(26-28(35-29)37(20-31-26)25-8-4-5-9-25)32-19-36-16-14-22(15-17-36)18-21-6-2-1-3-7-21;;;/h1-3,6-7,20,22-25H,4-5,8-19,30H2,(H2,32,33,34,35);3*1H. The van der Waals surface area contributed by atoms with E-state index in [-0.39, 0.29) is 37.2 Å². The summed E-state index contributed by atoms with van der Waals surface area (Å²) in [5.74, 6) is 2.34. The molecule has 0 atom stereocenters. The number of imidazole rings is 1. The van der Waals surface area contributed by atoms with E-state index in [1.807, 2.05) is 6.33 Å². The Kier molecular flexibility index (Phi) is 12.6. The molecule has 6 rings (SSSR count). The number of aromatic nitrogens is 4. The monoisotopic (exact) mass is 610 g/mol. The van der Waals surface area contributed by atoms with E-state index in [0.717, 1.165) is 74.3 Å². The molecule has 1 aliphatic heterocycles. The van der Waals surface area contributed by atoms with Crippen molar-refractivity contribution < 1.29 is 0 Å². The highest BCUT2D eigenvalue weighted by atomic mass is 35.5. The summed E-state index contributed by atoms with van der Waals surface area (Å²) < 4.78 is 2.30. The number of nitrogens with zero attached hydrogens (tertiary/aromatic N) is 5. The minimum atomic E-state index is 0. The van der Waals surface area contributed by atoms with Crippen molar-refractivity contribution in [3.05, 3.63) is 42.2 Å². The first-order valence-electron chi connectivity index (χ1n) is 14.5. The number of rotatable bonds is 8. The van der Waals surface area contributed by atoms with Crippen molar-refractivity contribution in [2.45, 2.75) is 88.8 Å². The molecule has 8 nitrogen and oxygen atoms in total. The van der Waals surface area contributed by atoms with E-state index in [0.29, 0.717) is 18.1 Å². The highest BCUT2D eigenvalue weighted by molar-refractivity contribution is 5.86. The van der Waals surface area contributed by atoms with E-state index in [2.05, 4.69) is 50.4 Å². The van der Waals surface area contributed by atoms with Crippen LogP contribution in [0.3, 0.4) is 0 Å². The Balaban J connectivity index is 0.00000147. The van der Waals surface area contributed by atoms with Crippen molar-refractivity contribution in [3.8, 4) is 0 Å². The number of halogens is 3. The van der Waals surface area contributed by atoms with E-state index in [4.69, 9.17) is 20.7 Å². The number of hydrogen-bond acceptors (Lipinski definition) is 7. The van der Waals surface area contributed by atoms with Crippen LogP contribution in [-0.2, 0) is 6.42 Å². The molecular weight excluding hydrogens is 567 g/mol. The van der Waals surface area contributed by atoms with Gasteiger partial charge in [-0.2, -0.15) is 9.97 Å². The van der Waals surface area contributed by atoms with Crippen LogP contribution in [0.2, 0.25) is 0 Å². The van der Waals surface area contributed by atoms with Gasteiger partial charge in [0.15, 0.2) is 17.0 Å². The van der Waals surface area contributed by atoms with Gasteiger partial charge in [-0.1, -0.05) is 43.2 Å². The Bertz CT molecular complexity index is 1150. The van der Waals surface area contributed by atoms with Gasteiger partial charge in [-0.25, -0.2) is 4.98 Å². The Hall–Kier alpha value is -1.84. The smallest absolute Gasteiger partial charge is 0.227 e. The number of piperidine rings is 1. The van der Waals surface area contributed by atoms with Gasteiger partial charge in [0.2, 0.25) is 5.95 Å². The average Bonchev–Trinajstić information content (AvgIpc) is 3.60. The molecule has 0 amide bonds. The predicted octanol–water partition coefficient (Wildman–Crippen LogP) is 6.21. The third kappa shape index (κ3) is 7.91. The lowest BCUT2D eigenvalue weighted by Crippen LogP contribution is -2.37. The highest BCUT2D eigenvalue weighted by Gasteiger charge is 2.25. The number of benzene rings is 1. The van der Waals surface area contributed by atoms with Crippen molar-refractivity contribution >= 4 is 60.2 Å². The lowest BCUT2D eigenvalue weighted by molar-refractivity contribution is 0.194. The summed E-state index contributed by atoms with van der Waals surface area (Å²) in [5, 5.41) is 7.29. The zero-order chi connectivity index (χ0) is 25.0. The fourth-order valence-electron chi connectivity index (χ4n) is 6.48. The minimum Gasteiger partial charge on any atom is -0.355 e. The predicted molar refractivity (Wildman–Crippen MR) is 171 cm³/mol. The van der Waals surface area contributed by atoms with E-state index in [1.54, 1.807) is 0 Å². The van der Waals surface area contributed by atoms with Gasteiger partial charge in [0.25, 0.3) is 0 Å². The van der Waals surface area contributed by atoms with Crippen molar-refractivity contribution in [1.29, 1.82) is 0 Å². The normalized spacial score (nSPS) is 22.2. The van der Waals surface area contributed by atoms with Crippen LogP contribution in [0.1, 0.15) is 75.8 Å². The third-order valence-corrected chi connectivity index (χ3v) is 8.79. The quantitative estimate of drug-likeness (QED) is 0.279. The highest BCUT2D eigenvalue weighted by Crippen LogP contribution is 2.33. The largest absolute Gasteiger partial charge is 0.355 e. The maximum Gasteiger partial charge on any atom is 0.227 e. The molecule has 3 fully saturated rings. The van der Waals surface area contributed by atoms with Gasteiger partial charge in [0, 0.05) is 31.2 Å². The molecule has 3 heterocycles. The van der Waals surface area contributed by atoms with Crippen molar-refractivity contribution in [2.75, 3.05) is 30.4 Å². The van der Waals surface area contributed by atoms with E-state index < -0.39 is 0 Å². The van der Waals surface area contributed by atoms with E-state index in [1.165, 1.54) is 50.5 Å². The molecule has 222 valence electrons. The molecule has 2 aromatic heterocycles. The molecule has 1 saturated heterocycles. The van der Waals surface area contributed by atoms with Gasteiger partial charge in [0.05, 0.1) is 13.0 Å². The average molecular weight is 612 g/mol. The molecule has 2 aliphatic carbocycles. The molecule has 1 aromatic carbocycles. The second kappa shape index (κ2) is 15.4. The Morgan fingerprint density at radius 1 is 0.850 bits per heavy atom. The van der Waals surface area contributed by atoms with Crippen LogP contribution in [0.25, 0.3) is 11.2 Å². The van der Waals surface area contributed by atoms with Crippen molar-refractivity contribution in [3.63, 3.8) is 0 Å². The van der Waals surface area contributed by atoms with Crippen LogP contribution in [0, 0.1) is 5.92 Å². The third-order valence-electron chi connectivity index (χ3n) is 8.79. The van der Waals surface area contributed by atoms with Gasteiger partial charge in [-0.3, -0.25) is 4.90 Å². The second-order valence-corrected chi connectivity index (χ2v) is 11.5. The number of hydrogen-bond donors (Lipinski definition) is 3. The molecule has 0 bridgehead atoms. The molecule has 2 saturated carbocycles. The van der Waals surface area contributed by atoms with Crippen molar-refractivity contribution in [1.82, 2.24) is 24.4 Å². The van der Waals surface area contributed by atoms with Gasteiger partial charge < -0.3 is 20.9 Å². The Morgan fingerprint density at radius 3 is 2.25 bits per heavy atom. The van der Waals surface area contributed by atoms with E-state index >= 15 is 0 Å². The molecule has 3 aliphatic rings. The van der Waals surface area contributed by atoms with Gasteiger partial charge in [-0.05, 0) is 69.3 Å². The van der Waals surface area contributed by atoms with Gasteiger partial charge in [-0.15, -0.1) is 37.2 Å². The second-order valence-electron chi connectivity index (χ2n) is 11.5. The molecule has 11 heteroatoms. The maximum absolute atomic E-state index is 6.14. The zero-order valence-corrected chi connectivity index (χ0v) is 25.7. The van der Waals surface area contributed by atoms with Crippen LogP contribution in [0.15, 0.2) is 36.7 Å². The van der Waals surface area contributed by atoms with Crippen LogP contribution in [0.5, 0.6) is 0 Å². The number of likely N-dealkylation sites (tertiary alicyclic amines) is 1. The molecule has 0 spiro atoms. The summed E-state index contributed by atoms with van der Waals surface area (Å²) in [6.07, 6.45) is 14.9. The first kappa shape index (κ1) is 32.7. The van der Waals surface area contributed by atoms with Crippen LogP contribution < -0.4 is 16.4 Å². The number of fused-ring (bicyclic) bond motifs is 1. The SMILES string of the molecule is Cl.Cl.Cl.NC1CCC(Nc2nc(NCN3CCC(Cc4ccccc4)CC3)c3ncn(C4CCCC4)c3n2)CC1. The zero-order valence-electron chi connectivity index (χ0n) is 23.2. The number of nitrogens with one attached hydrogen (secondary N) is 2. The lowest BCUT2D eigenvalue weighted by Gasteiger charge is -2.32. The molecule has 40 heavy (non-hydrogen) atoms. The van der Waals surface area contributed by atoms with Crippen molar-refractivity contribution in [2.24, 2.45) is 11.7 Å². The fourth-order valence-corrected chi connectivity index (χ4v) is 6.48.